The van der Waals surface area contributed by atoms with Gasteiger partial charge in [-0.1, -0.05) is 36.4 Å². The van der Waals surface area contributed by atoms with E-state index in [0.717, 1.165) is 5.56 Å². The number of fused-ring (bicyclic) bond motifs is 1. The maximum absolute atomic E-state index is 13.4. The number of nitrogens with zero attached hydrogens (tertiary/aromatic N) is 2. The Hall–Kier alpha value is -4.64. The van der Waals surface area contributed by atoms with Crippen LogP contribution in [0.15, 0.2) is 91.1 Å². The van der Waals surface area contributed by atoms with Gasteiger partial charge in [-0.15, -0.1) is 0 Å². The smallest absolute Gasteiger partial charge is 0.330 e. The summed E-state index contributed by atoms with van der Waals surface area (Å²) in [4.78, 5) is 31.8. The van der Waals surface area contributed by atoms with Gasteiger partial charge in [-0.3, -0.25) is 14.5 Å². The molecule has 0 saturated heterocycles. The monoisotopic (exact) mass is 533 g/mol. The van der Waals surface area contributed by atoms with Crippen LogP contribution >= 0.6 is 0 Å². The summed E-state index contributed by atoms with van der Waals surface area (Å²) in [6, 6.07) is 22.2. The number of anilines is 2. The van der Waals surface area contributed by atoms with Crippen molar-refractivity contribution >= 4 is 44.4 Å². The number of amides is 3. The molecule has 4 aromatic rings. The highest BCUT2D eigenvalue weighted by atomic mass is 32.2. The molecule has 0 saturated carbocycles. The first-order valence-corrected chi connectivity index (χ1v) is 13.1. The van der Waals surface area contributed by atoms with Crippen molar-refractivity contribution in [1.29, 1.82) is 0 Å². The van der Waals surface area contributed by atoms with Gasteiger partial charge in [-0.05, 0) is 54.1 Å². The van der Waals surface area contributed by atoms with Crippen molar-refractivity contribution in [1.82, 2.24) is 15.0 Å². The average molecular weight is 534 g/mol. The van der Waals surface area contributed by atoms with Crippen molar-refractivity contribution in [2.24, 2.45) is 0 Å². The minimum Gasteiger partial charge on any atom is -0.497 e. The summed E-state index contributed by atoms with van der Waals surface area (Å²) in [6.07, 6.45) is 1.75. The molecule has 1 atom stereocenters. The first-order chi connectivity index (χ1) is 18.3. The summed E-state index contributed by atoms with van der Waals surface area (Å²) in [5.41, 5.74) is 2.22. The van der Waals surface area contributed by atoms with Crippen LogP contribution in [0.1, 0.15) is 5.56 Å². The zero-order valence-electron chi connectivity index (χ0n) is 20.8. The van der Waals surface area contributed by atoms with Crippen molar-refractivity contribution in [3.63, 3.8) is 0 Å². The molecule has 0 aliphatic heterocycles. The average Bonchev–Trinajstić information content (AvgIpc) is 2.92. The molecule has 0 spiro atoms. The molecule has 4 rings (SSSR count). The zero-order valence-corrected chi connectivity index (χ0v) is 21.6. The van der Waals surface area contributed by atoms with Crippen molar-refractivity contribution in [3.8, 4) is 5.75 Å². The number of hydrogen-bond donors (Lipinski definition) is 3. The van der Waals surface area contributed by atoms with Crippen molar-refractivity contribution in [2.45, 2.75) is 12.5 Å². The number of ether oxygens (including phenoxy) is 1. The van der Waals surface area contributed by atoms with Gasteiger partial charge in [0, 0.05) is 30.7 Å². The van der Waals surface area contributed by atoms with Gasteiger partial charge in [0.1, 0.15) is 11.8 Å². The van der Waals surface area contributed by atoms with Crippen LogP contribution in [0.2, 0.25) is 0 Å². The lowest BCUT2D eigenvalue weighted by Gasteiger charge is -2.25. The molecule has 1 aromatic heterocycles. The number of rotatable bonds is 9. The summed E-state index contributed by atoms with van der Waals surface area (Å²) < 4.78 is 35.0. The molecule has 0 aliphatic rings. The van der Waals surface area contributed by atoms with E-state index >= 15 is 0 Å². The van der Waals surface area contributed by atoms with Gasteiger partial charge in [0.25, 0.3) is 0 Å². The summed E-state index contributed by atoms with van der Waals surface area (Å²) in [6.45, 7) is 0. The van der Waals surface area contributed by atoms with Crippen LogP contribution < -0.4 is 24.4 Å². The molecule has 3 N–H and O–H groups in total. The van der Waals surface area contributed by atoms with E-state index in [4.69, 9.17) is 4.74 Å². The fourth-order valence-corrected chi connectivity index (χ4v) is 4.71. The number of carbonyl (C=O) groups is 2. The number of carbonyl (C=O) groups excluding carboxylic acids is 2. The first-order valence-electron chi connectivity index (χ1n) is 11.7. The molecule has 1 heterocycles. The van der Waals surface area contributed by atoms with Crippen molar-refractivity contribution in [3.05, 3.63) is 96.7 Å². The highest BCUT2D eigenvalue weighted by Crippen LogP contribution is 2.22. The topological polar surface area (TPSA) is 130 Å². The summed E-state index contributed by atoms with van der Waals surface area (Å²) in [5, 5.41) is 3.09. The van der Waals surface area contributed by atoms with Crippen LogP contribution in [-0.2, 0) is 21.4 Å². The van der Waals surface area contributed by atoms with E-state index in [1.807, 2.05) is 35.1 Å². The molecule has 1 unspecified atom stereocenters. The highest BCUT2D eigenvalue weighted by Gasteiger charge is 2.27. The van der Waals surface area contributed by atoms with E-state index in [9.17, 15) is 18.0 Å². The third-order valence-corrected chi connectivity index (χ3v) is 6.74. The fraction of sp³-hybridized carbons (Fsp3) is 0.148. The Morgan fingerprint density at radius 3 is 2.39 bits per heavy atom. The van der Waals surface area contributed by atoms with Gasteiger partial charge in [0.2, 0.25) is 5.91 Å². The number of methoxy groups -OCH3 is 1. The maximum Gasteiger partial charge on any atom is 0.330 e. The minimum absolute atomic E-state index is 0.149. The van der Waals surface area contributed by atoms with Crippen molar-refractivity contribution < 1.29 is 22.7 Å². The van der Waals surface area contributed by atoms with Crippen LogP contribution in [0.5, 0.6) is 5.75 Å². The quantitative estimate of drug-likeness (QED) is 0.302. The third kappa shape index (κ3) is 6.56. The standard InChI is InChI=1S/C27H27N5O5S/c1-32(20-13-15-21(37-2)16-14-20)26(33)25(18-19-8-4-3-5-9-19)29-27(34)31-38(35,36)30-24-12-6-11-23-22(24)10-7-17-28-23/h3-17,25,30H,18H2,1-2H3,(H2,29,31,34). The van der Waals surface area contributed by atoms with Crippen LogP contribution in [0, 0.1) is 0 Å². The van der Waals surface area contributed by atoms with E-state index in [2.05, 4.69) is 15.0 Å². The second-order valence-corrected chi connectivity index (χ2v) is 9.81. The van der Waals surface area contributed by atoms with E-state index < -0.39 is 28.2 Å². The van der Waals surface area contributed by atoms with E-state index in [-0.39, 0.29) is 12.1 Å². The molecule has 38 heavy (non-hydrogen) atoms. The van der Waals surface area contributed by atoms with E-state index in [0.29, 0.717) is 22.3 Å². The molecule has 0 radical (unpaired) electrons. The Balaban J connectivity index is 1.51. The molecule has 0 aliphatic carbocycles. The number of nitrogens with one attached hydrogen (secondary N) is 3. The predicted molar refractivity (Wildman–Crippen MR) is 146 cm³/mol. The second kappa shape index (κ2) is 11.6. The SMILES string of the molecule is COc1ccc(N(C)C(=O)C(Cc2ccccc2)NC(=O)NS(=O)(=O)Nc2cccc3ncccc23)cc1. The zero-order chi connectivity index (χ0) is 27.1. The number of likely N-dealkylation sites (N-methyl/N-ethyl adjacent to an activating group) is 1. The Kier molecular flexibility index (Phi) is 8.07. The lowest BCUT2D eigenvalue weighted by Crippen LogP contribution is -2.53. The Bertz CT molecular complexity index is 1520. The highest BCUT2D eigenvalue weighted by molar-refractivity contribution is 7.91. The minimum atomic E-state index is -4.33. The van der Waals surface area contributed by atoms with Crippen LogP contribution in [0.3, 0.4) is 0 Å². The molecular formula is C27H27N5O5S. The predicted octanol–water partition coefficient (Wildman–Crippen LogP) is 3.47. The Labute approximate surface area is 220 Å². The molecule has 10 nitrogen and oxygen atoms in total. The van der Waals surface area contributed by atoms with Gasteiger partial charge in [-0.25, -0.2) is 9.52 Å². The first kappa shape index (κ1) is 26.4. The molecule has 0 fully saturated rings. The third-order valence-electron chi connectivity index (χ3n) is 5.79. The number of benzene rings is 3. The second-order valence-electron chi connectivity index (χ2n) is 8.39. The molecule has 0 bridgehead atoms. The van der Waals surface area contributed by atoms with E-state index in [1.54, 1.807) is 75.0 Å². The maximum atomic E-state index is 13.4. The van der Waals surface area contributed by atoms with Crippen LogP contribution in [0.4, 0.5) is 16.2 Å². The largest absolute Gasteiger partial charge is 0.497 e. The number of pyridine rings is 1. The number of aromatic nitrogens is 1. The molecule has 3 amide bonds. The summed E-state index contributed by atoms with van der Waals surface area (Å²) in [7, 11) is -1.21. The van der Waals surface area contributed by atoms with Gasteiger partial charge in [0.05, 0.1) is 18.3 Å². The molecule has 196 valence electrons. The van der Waals surface area contributed by atoms with Crippen LogP contribution in [-0.4, -0.2) is 45.5 Å². The van der Waals surface area contributed by atoms with Gasteiger partial charge >= 0.3 is 16.2 Å². The molecule has 11 heteroatoms. The van der Waals surface area contributed by atoms with Crippen molar-refractivity contribution in [2.75, 3.05) is 23.8 Å². The Morgan fingerprint density at radius 2 is 1.68 bits per heavy atom. The van der Waals surface area contributed by atoms with Gasteiger partial charge in [-0.2, -0.15) is 8.42 Å². The van der Waals surface area contributed by atoms with Gasteiger partial charge < -0.3 is 15.0 Å². The lowest BCUT2D eigenvalue weighted by atomic mass is 10.0. The molecule has 3 aromatic carbocycles. The fourth-order valence-electron chi connectivity index (χ4n) is 3.89. The number of hydrogen-bond acceptors (Lipinski definition) is 6. The normalized spacial score (nSPS) is 11.8. The van der Waals surface area contributed by atoms with Crippen LogP contribution in [0.25, 0.3) is 10.9 Å². The summed E-state index contributed by atoms with van der Waals surface area (Å²) >= 11 is 0. The van der Waals surface area contributed by atoms with E-state index in [1.165, 1.54) is 4.90 Å². The lowest BCUT2D eigenvalue weighted by molar-refractivity contribution is -0.120. The number of urea groups is 1. The summed E-state index contributed by atoms with van der Waals surface area (Å²) in [5.74, 6) is 0.201. The van der Waals surface area contributed by atoms with Gasteiger partial charge in [0.15, 0.2) is 0 Å². The molecular weight excluding hydrogens is 506 g/mol. The Morgan fingerprint density at radius 1 is 0.947 bits per heavy atom.